The first-order valence-corrected chi connectivity index (χ1v) is 11.8. The number of nitrogens with zero attached hydrogens (tertiary/aromatic N) is 3. The minimum Gasteiger partial charge on any atom is -0.464 e. The van der Waals surface area contributed by atoms with Crippen molar-refractivity contribution in [2.24, 2.45) is 0 Å². The molecule has 0 bridgehead atoms. The number of benzene rings is 1. The first kappa shape index (κ1) is 23.0. The number of aryl methyl sites for hydroxylation is 1. The van der Waals surface area contributed by atoms with Gasteiger partial charge in [0.15, 0.2) is 5.69 Å². The number of rotatable bonds is 5. The highest BCUT2D eigenvalue weighted by molar-refractivity contribution is 6.15. The minimum absolute atomic E-state index is 0.0367. The zero-order valence-electron chi connectivity index (χ0n) is 19.6. The summed E-state index contributed by atoms with van der Waals surface area (Å²) < 4.78 is 6.43. The van der Waals surface area contributed by atoms with Gasteiger partial charge < -0.3 is 14.6 Å². The molecule has 1 aromatic carbocycles. The van der Waals surface area contributed by atoms with Gasteiger partial charge in [0.25, 0.3) is 5.91 Å². The molecule has 1 aromatic heterocycles. The number of esters is 1. The predicted molar refractivity (Wildman–Crippen MR) is 124 cm³/mol. The van der Waals surface area contributed by atoms with Crippen molar-refractivity contribution in [3.8, 4) is 0 Å². The van der Waals surface area contributed by atoms with Crippen LogP contribution in [-0.4, -0.2) is 46.0 Å². The summed E-state index contributed by atoms with van der Waals surface area (Å²) in [6, 6.07) is 7.74. The van der Waals surface area contributed by atoms with Gasteiger partial charge in [-0.25, -0.2) is 9.78 Å². The van der Waals surface area contributed by atoms with E-state index in [4.69, 9.17) is 4.74 Å². The van der Waals surface area contributed by atoms with Crippen LogP contribution in [0.1, 0.15) is 78.9 Å². The molecule has 8 nitrogen and oxygen atoms in total. The topological polar surface area (TPSA) is 93.5 Å². The Morgan fingerprint density at radius 1 is 1.21 bits per heavy atom. The lowest BCUT2D eigenvalue weighted by atomic mass is 9.92. The Kier molecular flexibility index (Phi) is 6.54. The molecule has 1 saturated carbocycles. The Morgan fingerprint density at radius 2 is 1.94 bits per heavy atom. The fourth-order valence-corrected chi connectivity index (χ4v) is 4.96. The molecule has 8 heteroatoms. The Balaban J connectivity index is 1.77. The van der Waals surface area contributed by atoms with Crippen molar-refractivity contribution >= 4 is 23.5 Å². The van der Waals surface area contributed by atoms with E-state index in [-0.39, 0.29) is 29.9 Å². The van der Waals surface area contributed by atoms with E-state index in [9.17, 15) is 14.4 Å². The maximum absolute atomic E-state index is 13.9. The number of hydrogen-bond donors (Lipinski definition) is 1. The molecule has 1 aliphatic heterocycles. The normalized spacial score (nSPS) is 21.3. The molecule has 176 valence electrons. The summed E-state index contributed by atoms with van der Waals surface area (Å²) in [5.74, 6) is -1.31. The molecule has 4 rings (SSSR count). The molecule has 33 heavy (non-hydrogen) atoms. The van der Waals surface area contributed by atoms with Crippen LogP contribution in [0, 0.1) is 0 Å². The maximum atomic E-state index is 13.9. The predicted octanol–water partition coefficient (Wildman–Crippen LogP) is 3.49. The number of ether oxygens (including phenoxy) is 1. The fourth-order valence-electron chi connectivity index (χ4n) is 4.96. The summed E-state index contributed by atoms with van der Waals surface area (Å²) in [5, 5.41) is 3.23. The molecule has 2 heterocycles. The highest BCUT2D eigenvalue weighted by atomic mass is 16.5. The Morgan fingerprint density at radius 3 is 2.61 bits per heavy atom. The summed E-state index contributed by atoms with van der Waals surface area (Å²) in [6.07, 6.45) is 8.70. The lowest BCUT2D eigenvalue weighted by Gasteiger charge is -2.44. The fraction of sp³-hybridized carbons (Fsp3) is 0.520. The van der Waals surface area contributed by atoms with E-state index in [1.54, 1.807) is 11.5 Å². The molecular formula is C25H32N4O4. The van der Waals surface area contributed by atoms with E-state index >= 15 is 0 Å². The van der Waals surface area contributed by atoms with Gasteiger partial charge in [-0.3, -0.25) is 14.5 Å². The third kappa shape index (κ3) is 4.26. The van der Waals surface area contributed by atoms with Gasteiger partial charge in [-0.2, -0.15) is 0 Å². The van der Waals surface area contributed by atoms with Crippen LogP contribution in [0.3, 0.4) is 0 Å². The van der Waals surface area contributed by atoms with Crippen LogP contribution in [0.2, 0.25) is 0 Å². The molecular weight excluding hydrogens is 420 g/mol. The maximum Gasteiger partial charge on any atom is 0.359 e. The lowest BCUT2D eigenvalue weighted by Crippen LogP contribution is -2.65. The molecule has 0 unspecified atom stereocenters. The number of hydrogen-bond acceptors (Lipinski definition) is 5. The van der Waals surface area contributed by atoms with E-state index in [1.165, 1.54) is 31.2 Å². The van der Waals surface area contributed by atoms with Gasteiger partial charge in [0.1, 0.15) is 11.2 Å². The van der Waals surface area contributed by atoms with Crippen LogP contribution in [0.25, 0.3) is 0 Å². The molecule has 0 saturated heterocycles. The quantitative estimate of drug-likeness (QED) is 0.554. The molecule has 2 amide bonds. The van der Waals surface area contributed by atoms with E-state index in [0.717, 1.165) is 37.7 Å². The molecule has 1 aliphatic carbocycles. The van der Waals surface area contributed by atoms with Crippen molar-refractivity contribution in [2.75, 3.05) is 12.0 Å². The van der Waals surface area contributed by atoms with Crippen LogP contribution >= 0.6 is 0 Å². The van der Waals surface area contributed by atoms with Crippen LogP contribution in [0.4, 0.5) is 5.69 Å². The van der Waals surface area contributed by atoms with Gasteiger partial charge in [0.05, 0.1) is 20.0 Å². The van der Waals surface area contributed by atoms with Crippen molar-refractivity contribution in [1.29, 1.82) is 0 Å². The lowest BCUT2D eigenvalue weighted by molar-refractivity contribution is -0.127. The van der Waals surface area contributed by atoms with Gasteiger partial charge in [0, 0.05) is 11.7 Å². The van der Waals surface area contributed by atoms with E-state index in [0.29, 0.717) is 5.69 Å². The van der Waals surface area contributed by atoms with Gasteiger partial charge in [-0.05, 0) is 43.9 Å². The summed E-state index contributed by atoms with van der Waals surface area (Å²) in [5.41, 5.74) is 0.603. The average molecular weight is 453 g/mol. The summed E-state index contributed by atoms with van der Waals surface area (Å²) >= 11 is 0. The summed E-state index contributed by atoms with van der Waals surface area (Å²) in [6.45, 7) is 4.02. The number of aromatic nitrogens is 2. The number of anilines is 1. The number of carbonyl (C=O) groups is 3. The summed E-state index contributed by atoms with van der Waals surface area (Å²) in [7, 11) is 1.26. The van der Waals surface area contributed by atoms with E-state index in [1.807, 2.05) is 31.2 Å². The first-order chi connectivity index (χ1) is 15.9. The SMILES string of the molecule is CCc1cccc(N2C(=O)c3c(C(=O)OC)ncn3C[C@@]2(C)C(=O)NC2CCCCCC2)c1. The molecule has 1 atom stereocenters. The third-order valence-electron chi connectivity index (χ3n) is 6.85. The zero-order valence-corrected chi connectivity index (χ0v) is 19.6. The van der Waals surface area contributed by atoms with Crippen LogP contribution in [0.5, 0.6) is 0 Å². The number of carbonyl (C=O) groups excluding carboxylic acids is 3. The molecule has 2 aromatic rings. The Bertz CT molecular complexity index is 1050. The van der Waals surface area contributed by atoms with Crippen molar-refractivity contribution < 1.29 is 19.1 Å². The largest absolute Gasteiger partial charge is 0.464 e. The molecule has 1 N–H and O–H groups in total. The minimum atomic E-state index is -1.18. The van der Waals surface area contributed by atoms with Crippen LogP contribution in [0.15, 0.2) is 30.6 Å². The second-order valence-electron chi connectivity index (χ2n) is 9.16. The summed E-state index contributed by atoms with van der Waals surface area (Å²) in [4.78, 5) is 45.6. The monoisotopic (exact) mass is 452 g/mol. The number of imidazole rings is 1. The molecule has 1 fully saturated rings. The van der Waals surface area contributed by atoms with Gasteiger partial charge >= 0.3 is 5.97 Å². The van der Waals surface area contributed by atoms with Crippen molar-refractivity contribution in [2.45, 2.75) is 76.9 Å². The van der Waals surface area contributed by atoms with Crippen molar-refractivity contribution in [3.63, 3.8) is 0 Å². The van der Waals surface area contributed by atoms with Gasteiger partial charge in [0.2, 0.25) is 5.91 Å². The number of nitrogens with one attached hydrogen (secondary N) is 1. The molecule has 0 spiro atoms. The number of amides is 2. The standard InChI is InChI=1S/C25H32N4O4/c1-4-17-10-9-13-19(14-17)29-22(30)21-20(23(31)33-3)26-16-28(21)15-25(29,2)24(32)27-18-11-7-5-6-8-12-18/h9-10,13-14,16,18H,4-8,11-12,15H2,1-3H3,(H,27,32)/t25-/m0/s1. The van der Waals surface area contributed by atoms with E-state index < -0.39 is 17.4 Å². The number of fused-ring (bicyclic) bond motifs is 1. The van der Waals surface area contributed by atoms with Gasteiger partial charge in [-0.1, -0.05) is 44.7 Å². The average Bonchev–Trinajstić information content (AvgIpc) is 3.06. The smallest absolute Gasteiger partial charge is 0.359 e. The van der Waals surface area contributed by atoms with Crippen LogP contribution < -0.4 is 10.2 Å². The highest BCUT2D eigenvalue weighted by Gasteiger charge is 2.50. The molecule has 2 aliphatic rings. The zero-order chi connectivity index (χ0) is 23.6. The van der Waals surface area contributed by atoms with E-state index in [2.05, 4.69) is 10.3 Å². The van der Waals surface area contributed by atoms with Gasteiger partial charge in [-0.15, -0.1) is 0 Å². The second kappa shape index (κ2) is 9.37. The van der Waals surface area contributed by atoms with Crippen molar-refractivity contribution in [3.05, 3.63) is 47.5 Å². The van der Waals surface area contributed by atoms with Crippen molar-refractivity contribution in [1.82, 2.24) is 14.9 Å². The Labute approximate surface area is 194 Å². The first-order valence-electron chi connectivity index (χ1n) is 11.8. The molecule has 0 radical (unpaired) electrons. The number of methoxy groups -OCH3 is 1. The second-order valence-corrected chi connectivity index (χ2v) is 9.16. The third-order valence-corrected chi connectivity index (χ3v) is 6.85. The highest BCUT2D eigenvalue weighted by Crippen LogP contribution is 2.34. The van der Waals surface area contributed by atoms with Crippen LogP contribution in [-0.2, 0) is 22.5 Å². The Hall–Kier alpha value is -3.16.